The highest BCUT2D eigenvalue weighted by atomic mass is 16.6. The third-order valence-corrected chi connectivity index (χ3v) is 3.12. The van der Waals surface area contributed by atoms with Crippen molar-refractivity contribution in [2.75, 3.05) is 25.0 Å². The van der Waals surface area contributed by atoms with Crippen molar-refractivity contribution in [3.63, 3.8) is 0 Å². The second-order valence-electron chi connectivity index (χ2n) is 4.61. The minimum atomic E-state index is -0.380. The molecule has 1 aromatic heterocycles. The number of rotatable bonds is 7. The van der Waals surface area contributed by atoms with E-state index in [9.17, 15) is 10.1 Å². The normalized spacial score (nSPS) is 12.5. The standard InChI is InChI=1S/C13H22N4O2/c1-5-16(6-2)9-11(4)15-13-12(17(18)19)10(3)7-8-14-13/h7-8,11H,5-6,9H2,1-4H3,(H,14,15). The summed E-state index contributed by atoms with van der Waals surface area (Å²) in [7, 11) is 0. The molecule has 0 aliphatic carbocycles. The third kappa shape index (κ3) is 4.17. The first-order chi connectivity index (χ1) is 8.99. The predicted octanol–water partition coefficient (Wildman–Crippen LogP) is 2.44. The number of anilines is 1. The molecule has 1 aromatic rings. The molecular weight excluding hydrogens is 244 g/mol. The molecule has 0 radical (unpaired) electrons. The molecular formula is C13H22N4O2. The van der Waals surface area contributed by atoms with E-state index in [2.05, 4.69) is 29.0 Å². The molecule has 0 saturated carbocycles. The molecule has 0 bridgehead atoms. The predicted molar refractivity (Wildman–Crippen MR) is 76.5 cm³/mol. The zero-order chi connectivity index (χ0) is 14.4. The van der Waals surface area contributed by atoms with Gasteiger partial charge in [-0.15, -0.1) is 0 Å². The van der Waals surface area contributed by atoms with Gasteiger partial charge in [-0.1, -0.05) is 13.8 Å². The van der Waals surface area contributed by atoms with Crippen LogP contribution in [0.25, 0.3) is 0 Å². The number of aromatic nitrogens is 1. The number of nitrogens with zero attached hydrogens (tertiary/aromatic N) is 3. The van der Waals surface area contributed by atoms with Gasteiger partial charge in [-0.25, -0.2) is 4.98 Å². The summed E-state index contributed by atoms with van der Waals surface area (Å²) in [5, 5.41) is 14.2. The van der Waals surface area contributed by atoms with Gasteiger partial charge < -0.3 is 10.2 Å². The lowest BCUT2D eigenvalue weighted by molar-refractivity contribution is -0.384. The highest BCUT2D eigenvalue weighted by Gasteiger charge is 2.20. The van der Waals surface area contributed by atoms with Crippen LogP contribution in [-0.2, 0) is 0 Å². The van der Waals surface area contributed by atoms with Gasteiger partial charge in [0.2, 0.25) is 5.82 Å². The van der Waals surface area contributed by atoms with Crippen molar-refractivity contribution in [1.29, 1.82) is 0 Å². The lowest BCUT2D eigenvalue weighted by Crippen LogP contribution is -2.35. The summed E-state index contributed by atoms with van der Waals surface area (Å²) in [5.74, 6) is 0.352. The van der Waals surface area contributed by atoms with Crippen molar-refractivity contribution in [3.8, 4) is 0 Å². The van der Waals surface area contributed by atoms with E-state index in [-0.39, 0.29) is 16.7 Å². The van der Waals surface area contributed by atoms with Gasteiger partial charge >= 0.3 is 5.69 Å². The van der Waals surface area contributed by atoms with Crippen LogP contribution in [0.5, 0.6) is 0 Å². The first-order valence-electron chi connectivity index (χ1n) is 6.58. The van der Waals surface area contributed by atoms with E-state index in [1.807, 2.05) is 6.92 Å². The van der Waals surface area contributed by atoms with E-state index in [0.29, 0.717) is 11.4 Å². The molecule has 0 spiro atoms. The zero-order valence-electron chi connectivity index (χ0n) is 12.0. The molecule has 1 unspecified atom stereocenters. The Kier molecular flexibility index (Phi) is 5.69. The second-order valence-corrected chi connectivity index (χ2v) is 4.61. The molecule has 6 nitrogen and oxygen atoms in total. The Hall–Kier alpha value is -1.69. The van der Waals surface area contributed by atoms with Crippen molar-refractivity contribution >= 4 is 11.5 Å². The van der Waals surface area contributed by atoms with Gasteiger partial charge in [0.05, 0.1) is 4.92 Å². The first kappa shape index (κ1) is 15.4. The Bertz CT molecular complexity index is 433. The van der Waals surface area contributed by atoms with Crippen LogP contribution >= 0.6 is 0 Å². The van der Waals surface area contributed by atoms with E-state index in [0.717, 1.165) is 19.6 Å². The SMILES string of the molecule is CCN(CC)CC(C)Nc1nccc(C)c1[N+](=O)[O-]. The monoisotopic (exact) mass is 266 g/mol. The number of likely N-dealkylation sites (N-methyl/N-ethyl adjacent to an activating group) is 1. The van der Waals surface area contributed by atoms with E-state index in [1.54, 1.807) is 19.2 Å². The average Bonchev–Trinajstić information content (AvgIpc) is 2.35. The molecule has 19 heavy (non-hydrogen) atoms. The maximum Gasteiger partial charge on any atom is 0.314 e. The van der Waals surface area contributed by atoms with Gasteiger partial charge in [-0.2, -0.15) is 0 Å². The smallest absolute Gasteiger partial charge is 0.314 e. The van der Waals surface area contributed by atoms with E-state index in [1.165, 1.54) is 0 Å². The Morgan fingerprint density at radius 1 is 1.47 bits per heavy atom. The first-order valence-corrected chi connectivity index (χ1v) is 6.58. The van der Waals surface area contributed by atoms with Gasteiger partial charge in [-0.3, -0.25) is 10.1 Å². The van der Waals surface area contributed by atoms with Gasteiger partial charge in [0.15, 0.2) is 0 Å². The van der Waals surface area contributed by atoms with E-state index in [4.69, 9.17) is 0 Å². The van der Waals surface area contributed by atoms with Crippen LogP contribution in [0.4, 0.5) is 11.5 Å². The van der Waals surface area contributed by atoms with Crippen LogP contribution in [-0.4, -0.2) is 40.5 Å². The number of hydrogen-bond acceptors (Lipinski definition) is 5. The molecule has 106 valence electrons. The largest absolute Gasteiger partial charge is 0.361 e. The average molecular weight is 266 g/mol. The van der Waals surface area contributed by atoms with Crippen LogP contribution in [0, 0.1) is 17.0 Å². The Morgan fingerprint density at radius 3 is 2.63 bits per heavy atom. The van der Waals surface area contributed by atoms with E-state index >= 15 is 0 Å². The molecule has 0 aromatic carbocycles. The molecule has 1 heterocycles. The van der Waals surface area contributed by atoms with Crippen molar-refractivity contribution in [3.05, 3.63) is 27.9 Å². The number of hydrogen-bond donors (Lipinski definition) is 1. The van der Waals surface area contributed by atoms with Gasteiger partial charge in [-0.05, 0) is 33.0 Å². The third-order valence-electron chi connectivity index (χ3n) is 3.12. The van der Waals surface area contributed by atoms with Crippen LogP contribution in [0.1, 0.15) is 26.3 Å². The summed E-state index contributed by atoms with van der Waals surface area (Å²) in [6.45, 7) is 10.7. The molecule has 0 aliphatic heterocycles. The van der Waals surface area contributed by atoms with Crippen LogP contribution in [0.3, 0.4) is 0 Å². The highest BCUT2D eigenvalue weighted by molar-refractivity contribution is 5.60. The van der Waals surface area contributed by atoms with E-state index < -0.39 is 0 Å². The van der Waals surface area contributed by atoms with Crippen LogP contribution in [0.15, 0.2) is 12.3 Å². The minimum absolute atomic E-state index is 0.0638. The van der Waals surface area contributed by atoms with Crippen molar-refractivity contribution in [2.45, 2.75) is 33.7 Å². The molecule has 0 fully saturated rings. The summed E-state index contributed by atoms with van der Waals surface area (Å²) in [5.41, 5.74) is 0.687. The second kappa shape index (κ2) is 7.04. The van der Waals surface area contributed by atoms with Gasteiger partial charge in [0, 0.05) is 24.3 Å². The Labute approximate surface area is 114 Å². The number of pyridine rings is 1. The molecule has 0 amide bonds. The maximum atomic E-state index is 11.1. The van der Waals surface area contributed by atoms with Crippen LogP contribution < -0.4 is 5.32 Å². The lowest BCUT2D eigenvalue weighted by Gasteiger charge is -2.23. The summed E-state index contributed by atoms with van der Waals surface area (Å²) in [4.78, 5) is 17.0. The summed E-state index contributed by atoms with van der Waals surface area (Å²) in [6.07, 6.45) is 1.59. The quantitative estimate of drug-likeness (QED) is 0.606. The summed E-state index contributed by atoms with van der Waals surface area (Å²) < 4.78 is 0. The van der Waals surface area contributed by atoms with Crippen LogP contribution in [0.2, 0.25) is 0 Å². The van der Waals surface area contributed by atoms with Crippen molar-refractivity contribution in [2.24, 2.45) is 0 Å². The number of nitro groups is 1. The highest BCUT2D eigenvalue weighted by Crippen LogP contribution is 2.25. The summed E-state index contributed by atoms with van der Waals surface area (Å²) >= 11 is 0. The molecule has 1 N–H and O–H groups in total. The Morgan fingerprint density at radius 2 is 2.11 bits per heavy atom. The zero-order valence-corrected chi connectivity index (χ0v) is 12.0. The van der Waals surface area contributed by atoms with Gasteiger partial charge in [0.25, 0.3) is 0 Å². The Balaban J connectivity index is 2.82. The maximum absolute atomic E-state index is 11.1. The minimum Gasteiger partial charge on any atom is -0.361 e. The molecule has 6 heteroatoms. The lowest BCUT2D eigenvalue weighted by atomic mass is 10.2. The molecule has 1 rings (SSSR count). The topological polar surface area (TPSA) is 71.3 Å². The molecule has 0 aliphatic rings. The molecule has 1 atom stereocenters. The van der Waals surface area contributed by atoms with Gasteiger partial charge in [0.1, 0.15) is 0 Å². The van der Waals surface area contributed by atoms with Crippen molar-refractivity contribution in [1.82, 2.24) is 9.88 Å². The fraction of sp³-hybridized carbons (Fsp3) is 0.615. The fourth-order valence-corrected chi connectivity index (χ4v) is 2.03. The van der Waals surface area contributed by atoms with Crippen molar-refractivity contribution < 1.29 is 4.92 Å². The fourth-order valence-electron chi connectivity index (χ4n) is 2.03. The molecule has 0 saturated heterocycles. The summed E-state index contributed by atoms with van der Waals surface area (Å²) in [6, 6.07) is 1.76. The number of aryl methyl sites for hydroxylation is 1. The number of nitrogens with one attached hydrogen (secondary N) is 1.